The van der Waals surface area contributed by atoms with Crippen molar-refractivity contribution in [2.45, 2.75) is 66.0 Å². The number of aliphatic hydroxyl groups excluding tert-OH is 1. The first-order valence-electron chi connectivity index (χ1n) is 7.25. The number of aliphatic hydroxyl groups is 1. The minimum atomic E-state index is -0.273. The SMILES string of the molecule is CCC(C)C(O)CNC(C)c1sc(C(C)C)nc1C. The maximum absolute atomic E-state index is 10.0. The quantitative estimate of drug-likeness (QED) is 0.803. The van der Waals surface area contributed by atoms with Crippen LogP contribution in [0.3, 0.4) is 0 Å². The van der Waals surface area contributed by atoms with Crippen LogP contribution in [0.25, 0.3) is 0 Å². The van der Waals surface area contributed by atoms with Crippen molar-refractivity contribution in [2.75, 3.05) is 6.54 Å². The molecule has 0 aliphatic heterocycles. The van der Waals surface area contributed by atoms with E-state index in [0.29, 0.717) is 18.4 Å². The minimum Gasteiger partial charge on any atom is -0.392 e. The van der Waals surface area contributed by atoms with Crippen molar-refractivity contribution in [3.8, 4) is 0 Å². The lowest BCUT2D eigenvalue weighted by atomic mass is 10.0. The van der Waals surface area contributed by atoms with E-state index in [4.69, 9.17) is 0 Å². The molecule has 3 nitrogen and oxygen atoms in total. The summed E-state index contributed by atoms with van der Waals surface area (Å²) in [6, 6.07) is 0.253. The van der Waals surface area contributed by atoms with Crippen LogP contribution < -0.4 is 5.32 Å². The van der Waals surface area contributed by atoms with E-state index >= 15 is 0 Å². The van der Waals surface area contributed by atoms with Gasteiger partial charge in [-0.25, -0.2) is 4.98 Å². The van der Waals surface area contributed by atoms with Gasteiger partial charge in [0.2, 0.25) is 0 Å². The lowest BCUT2D eigenvalue weighted by molar-refractivity contribution is 0.110. The number of hydrogen-bond donors (Lipinski definition) is 2. The van der Waals surface area contributed by atoms with Gasteiger partial charge in [0.15, 0.2) is 0 Å². The highest BCUT2D eigenvalue weighted by Crippen LogP contribution is 2.29. The molecule has 0 aliphatic rings. The average Bonchev–Trinajstić information content (AvgIpc) is 2.76. The van der Waals surface area contributed by atoms with Crippen LogP contribution in [0.4, 0.5) is 0 Å². The van der Waals surface area contributed by atoms with Crippen molar-refractivity contribution in [3.05, 3.63) is 15.6 Å². The number of rotatable bonds is 7. The van der Waals surface area contributed by atoms with Crippen molar-refractivity contribution in [1.82, 2.24) is 10.3 Å². The van der Waals surface area contributed by atoms with Crippen molar-refractivity contribution < 1.29 is 5.11 Å². The first-order chi connectivity index (χ1) is 8.86. The Morgan fingerprint density at radius 3 is 2.37 bits per heavy atom. The van der Waals surface area contributed by atoms with E-state index in [1.807, 2.05) is 0 Å². The minimum absolute atomic E-state index is 0.253. The van der Waals surface area contributed by atoms with Gasteiger partial charge in [0.1, 0.15) is 0 Å². The third kappa shape index (κ3) is 4.55. The summed E-state index contributed by atoms with van der Waals surface area (Å²) in [5, 5.41) is 14.6. The zero-order chi connectivity index (χ0) is 14.6. The van der Waals surface area contributed by atoms with E-state index in [-0.39, 0.29) is 12.1 Å². The molecule has 2 N–H and O–H groups in total. The summed E-state index contributed by atoms with van der Waals surface area (Å²) in [5.41, 5.74) is 1.12. The van der Waals surface area contributed by atoms with Gasteiger partial charge < -0.3 is 10.4 Å². The summed E-state index contributed by atoms with van der Waals surface area (Å²) in [6.07, 6.45) is 0.735. The molecule has 0 saturated heterocycles. The van der Waals surface area contributed by atoms with Crippen molar-refractivity contribution in [2.24, 2.45) is 5.92 Å². The molecular formula is C15H28N2OS. The Hall–Kier alpha value is -0.450. The fourth-order valence-corrected chi connectivity index (χ4v) is 3.04. The Labute approximate surface area is 121 Å². The molecule has 1 aromatic heterocycles. The predicted molar refractivity (Wildman–Crippen MR) is 82.8 cm³/mol. The summed E-state index contributed by atoms with van der Waals surface area (Å²) in [7, 11) is 0. The summed E-state index contributed by atoms with van der Waals surface area (Å²) in [6.45, 7) is 13.4. The van der Waals surface area contributed by atoms with Gasteiger partial charge in [-0.15, -0.1) is 11.3 Å². The molecule has 1 heterocycles. The average molecular weight is 284 g/mol. The Kier molecular flexibility index (Phi) is 6.43. The largest absolute Gasteiger partial charge is 0.392 e. The topological polar surface area (TPSA) is 45.1 Å². The second-order valence-corrected chi connectivity index (χ2v) is 6.80. The first-order valence-corrected chi connectivity index (χ1v) is 8.07. The second kappa shape index (κ2) is 7.36. The monoisotopic (exact) mass is 284 g/mol. The molecular weight excluding hydrogens is 256 g/mol. The van der Waals surface area contributed by atoms with Crippen LogP contribution in [0.5, 0.6) is 0 Å². The molecule has 0 radical (unpaired) electrons. The fraction of sp³-hybridized carbons (Fsp3) is 0.800. The number of aromatic nitrogens is 1. The van der Waals surface area contributed by atoms with Gasteiger partial charge in [0.05, 0.1) is 16.8 Å². The molecule has 3 atom stereocenters. The second-order valence-electron chi connectivity index (χ2n) is 5.74. The summed E-state index contributed by atoms with van der Waals surface area (Å²) in [5.74, 6) is 0.823. The van der Waals surface area contributed by atoms with Gasteiger partial charge in [-0.2, -0.15) is 0 Å². The van der Waals surface area contributed by atoms with E-state index in [9.17, 15) is 5.11 Å². The van der Waals surface area contributed by atoms with Gasteiger partial charge in [-0.1, -0.05) is 34.1 Å². The molecule has 1 aromatic rings. The molecule has 0 fully saturated rings. The van der Waals surface area contributed by atoms with Gasteiger partial charge >= 0.3 is 0 Å². The van der Waals surface area contributed by atoms with Crippen LogP contribution in [0.1, 0.15) is 68.6 Å². The molecule has 19 heavy (non-hydrogen) atoms. The smallest absolute Gasteiger partial charge is 0.0956 e. The van der Waals surface area contributed by atoms with Crippen LogP contribution in [0.2, 0.25) is 0 Å². The third-order valence-electron chi connectivity index (χ3n) is 3.67. The molecule has 3 unspecified atom stereocenters. The van der Waals surface area contributed by atoms with Crippen LogP contribution in [-0.2, 0) is 0 Å². The highest BCUT2D eigenvalue weighted by atomic mass is 32.1. The molecule has 0 bridgehead atoms. The van der Waals surface area contributed by atoms with E-state index in [2.05, 4.69) is 51.8 Å². The summed E-state index contributed by atoms with van der Waals surface area (Å²) in [4.78, 5) is 5.92. The lowest BCUT2D eigenvalue weighted by Gasteiger charge is -2.20. The lowest BCUT2D eigenvalue weighted by Crippen LogP contribution is -2.33. The molecule has 0 aliphatic carbocycles. The molecule has 4 heteroatoms. The molecule has 0 aromatic carbocycles. The van der Waals surface area contributed by atoms with Crippen LogP contribution in [0.15, 0.2) is 0 Å². The van der Waals surface area contributed by atoms with Crippen LogP contribution in [0, 0.1) is 12.8 Å². The maximum Gasteiger partial charge on any atom is 0.0956 e. The fourth-order valence-electron chi connectivity index (χ4n) is 1.94. The number of hydrogen-bond acceptors (Lipinski definition) is 4. The Balaban J connectivity index is 2.60. The van der Waals surface area contributed by atoms with Crippen LogP contribution in [-0.4, -0.2) is 22.7 Å². The number of aryl methyl sites for hydroxylation is 1. The Morgan fingerprint density at radius 1 is 1.26 bits per heavy atom. The van der Waals surface area contributed by atoms with E-state index < -0.39 is 0 Å². The van der Waals surface area contributed by atoms with Crippen molar-refractivity contribution >= 4 is 11.3 Å². The molecule has 1 rings (SSSR count). The Bertz CT molecular complexity index is 389. The maximum atomic E-state index is 10.0. The highest BCUT2D eigenvalue weighted by Gasteiger charge is 2.18. The number of nitrogens with zero attached hydrogens (tertiary/aromatic N) is 1. The van der Waals surface area contributed by atoms with Gasteiger partial charge in [-0.05, 0) is 19.8 Å². The van der Waals surface area contributed by atoms with E-state index in [1.165, 1.54) is 9.88 Å². The summed E-state index contributed by atoms with van der Waals surface area (Å²) < 4.78 is 0. The summed E-state index contributed by atoms with van der Waals surface area (Å²) >= 11 is 1.79. The standard InChI is InChI=1S/C15H28N2OS/c1-7-10(4)13(18)8-16-11(5)14-12(6)17-15(19-14)9(2)3/h9-11,13,16,18H,7-8H2,1-6H3. The van der Waals surface area contributed by atoms with E-state index in [0.717, 1.165) is 12.1 Å². The van der Waals surface area contributed by atoms with Crippen molar-refractivity contribution in [1.29, 1.82) is 0 Å². The Morgan fingerprint density at radius 2 is 1.89 bits per heavy atom. The predicted octanol–water partition coefficient (Wildman–Crippen LogP) is 3.63. The highest BCUT2D eigenvalue weighted by molar-refractivity contribution is 7.11. The number of thiazole rings is 1. The zero-order valence-corrected chi connectivity index (χ0v) is 13.8. The zero-order valence-electron chi connectivity index (χ0n) is 13.0. The normalized spacial score (nSPS) is 16.6. The molecule has 110 valence electrons. The van der Waals surface area contributed by atoms with Crippen molar-refractivity contribution in [3.63, 3.8) is 0 Å². The van der Waals surface area contributed by atoms with Gasteiger partial charge in [0, 0.05) is 23.4 Å². The van der Waals surface area contributed by atoms with Gasteiger partial charge in [-0.3, -0.25) is 0 Å². The molecule has 0 saturated carbocycles. The first kappa shape index (κ1) is 16.6. The molecule has 0 amide bonds. The van der Waals surface area contributed by atoms with Crippen LogP contribution >= 0.6 is 11.3 Å². The number of nitrogens with one attached hydrogen (secondary N) is 1. The molecule has 0 spiro atoms. The third-order valence-corrected chi connectivity index (χ3v) is 5.31. The van der Waals surface area contributed by atoms with E-state index in [1.54, 1.807) is 11.3 Å². The van der Waals surface area contributed by atoms with Gasteiger partial charge in [0.25, 0.3) is 0 Å².